The zero-order valence-electron chi connectivity index (χ0n) is 9.43. The lowest BCUT2D eigenvalue weighted by Gasteiger charge is -2.32. The fourth-order valence-corrected chi connectivity index (χ4v) is 2.49. The number of nitrogens with two attached hydrogens (primary N) is 1. The number of hydrogen-bond donors (Lipinski definition) is 1. The van der Waals surface area contributed by atoms with Crippen LogP contribution in [0.25, 0.3) is 0 Å². The van der Waals surface area contributed by atoms with Gasteiger partial charge in [-0.3, -0.25) is 9.69 Å². The quantitative estimate of drug-likeness (QED) is 0.572. The number of rotatable bonds is 1. The highest BCUT2D eigenvalue weighted by Crippen LogP contribution is 2.33. The number of ether oxygens (including phenoxy) is 1. The van der Waals surface area contributed by atoms with E-state index in [1.807, 2.05) is 29.2 Å². The Morgan fingerprint density at radius 1 is 1.35 bits per heavy atom. The molecule has 3 rings (SSSR count). The van der Waals surface area contributed by atoms with Crippen LogP contribution in [0.2, 0.25) is 0 Å². The van der Waals surface area contributed by atoms with E-state index in [-0.39, 0.29) is 24.9 Å². The first kappa shape index (κ1) is 12.2. The molecule has 0 aliphatic carbocycles. The van der Waals surface area contributed by atoms with Crippen molar-refractivity contribution in [3.8, 4) is 5.75 Å². The van der Waals surface area contributed by atoms with Gasteiger partial charge >= 0.3 is 0 Å². The summed E-state index contributed by atoms with van der Waals surface area (Å²) in [6, 6.07) is 8.11. The number of halogens is 1. The van der Waals surface area contributed by atoms with Crippen molar-refractivity contribution in [2.75, 3.05) is 24.6 Å². The van der Waals surface area contributed by atoms with Gasteiger partial charge in [0.2, 0.25) is 0 Å². The number of fused-ring (bicyclic) bond motifs is 1. The van der Waals surface area contributed by atoms with E-state index in [9.17, 15) is 4.79 Å². The number of amides is 1. The molecule has 2 aliphatic heterocycles. The maximum Gasteiger partial charge on any atom is 0.265 e. The van der Waals surface area contributed by atoms with E-state index in [1.54, 1.807) is 0 Å². The number of carbonyl (C=O) groups is 1. The molecule has 2 aliphatic rings. The minimum absolute atomic E-state index is 0. The first-order chi connectivity index (χ1) is 7.86. The van der Waals surface area contributed by atoms with E-state index < -0.39 is 0 Å². The topological polar surface area (TPSA) is 46.1 Å². The Morgan fingerprint density at radius 3 is 2.94 bits per heavy atom. The molecule has 0 bridgehead atoms. The van der Waals surface area contributed by atoms with Gasteiger partial charge in [-0.1, -0.05) is 12.1 Å². The van der Waals surface area contributed by atoms with Gasteiger partial charge in [0.25, 0.3) is 5.91 Å². The van der Waals surface area contributed by atoms with Gasteiger partial charge in [0, 0.05) is 6.42 Å². The number of quaternary nitrogens is 1. The number of benzene rings is 1. The lowest BCUT2D eigenvalue weighted by atomic mass is 10.1. The van der Waals surface area contributed by atoms with Crippen LogP contribution in [0.5, 0.6) is 5.75 Å². The first-order valence-corrected chi connectivity index (χ1v) is 5.72. The monoisotopic (exact) mass is 254 g/mol. The van der Waals surface area contributed by atoms with Crippen LogP contribution in [0, 0.1) is 0 Å². The highest BCUT2D eigenvalue weighted by molar-refractivity contribution is 5.98. The van der Waals surface area contributed by atoms with Gasteiger partial charge in [-0.25, -0.2) is 0 Å². The van der Waals surface area contributed by atoms with Crippen molar-refractivity contribution >= 4 is 11.6 Å². The maximum absolute atomic E-state index is 11.9. The van der Waals surface area contributed by atoms with Gasteiger partial charge in [-0.2, -0.15) is 0 Å². The molecule has 1 unspecified atom stereocenters. The number of hydrogen-bond acceptors (Lipinski definition) is 2. The Labute approximate surface area is 106 Å². The second-order valence-electron chi connectivity index (χ2n) is 4.28. The van der Waals surface area contributed by atoms with Gasteiger partial charge in [-0.05, 0) is 12.1 Å². The Balaban J connectivity index is 0.00000108. The molecule has 2 N–H and O–H groups in total. The summed E-state index contributed by atoms with van der Waals surface area (Å²) in [4.78, 5) is 13.9. The van der Waals surface area contributed by atoms with Crippen molar-refractivity contribution in [1.82, 2.24) is 0 Å². The van der Waals surface area contributed by atoms with Crippen molar-refractivity contribution in [3.63, 3.8) is 0 Å². The second kappa shape index (κ2) is 4.94. The van der Waals surface area contributed by atoms with Crippen LogP contribution in [-0.2, 0) is 4.79 Å². The van der Waals surface area contributed by atoms with Gasteiger partial charge in [0.1, 0.15) is 5.75 Å². The molecule has 1 aromatic carbocycles. The molecular weight excluding hydrogens is 240 g/mol. The van der Waals surface area contributed by atoms with Gasteiger partial charge in [0.05, 0.1) is 24.8 Å². The average Bonchev–Trinajstić information content (AvgIpc) is 2.82. The standard InChI is InChI=1S/C12H14N2O2.ClH/c15-12-8-16-11-4-2-1-3-10(11)14(12)9-5-6-13-7-9;/h1-4,9,13H,5-8H2;1H. The van der Waals surface area contributed by atoms with E-state index in [1.165, 1.54) is 0 Å². The highest BCUT2D eigenvalue weighted by atomic mass is 35.5. The fraction of sp³-hybridized carbons (Fsp3) is 0.417. The molecule has 0 spiro atoms. The summed E-state index contributed by atoms with van der Waals surface area (Å²) in [5.41, 5.74) is 0.930. The summed E-state index contributed by atoms with van der Waals surface area (Å²) >= 11 is 0. The van der Waals surface area contributed by atoms with Crippen molar-refractivity contribution in [3.05, 3.63) is 24.3 Å². The van der Waals surface area contributed by atoms with E-state index in [0.29, 0.717) is 6.04 Å². The highest BCUT2D eigenvalue weighted by Gasteiger charge is 2.34. The lowest BCUT2D eigenvalue weighted by Crippen LogP contribution is -3.00. The van der Waals surface area contributed by atoms with Crippen molar-refractivity contribution in [1.29, 1.82) is 0 Å². The Kier molecular flexibility index (Phi) is 3.54. The van der Waals surface area contributed by atoms with Crippen LogP contribution < -0.4 is 27.4 Å². The third-order valence-corrected chi connectivity index (χ3v) is 3.25. The van der Waals surface area contributed by atoms with Crippen LogP contribution in [0.3, 0.4) is 0 Å². The molecule has 1 saturated heterocycles. The van der Waals surface area contributed by atoms with Crippen LogP contribution in [-0.4, -0.2) is 31.6 Å². The van der Waals surface area contributed by atoms with Crippen molar-refractivity contribution < 1.29 is 27.3 Å². The van der Waals surface area contributed by atoms with Crippen LogP contribution >= 0.6 is 0 Å². The molecule has 92 valence electrons. The van der Waals surface area contributed by atoms with Crippen molar-refractivity contribution in [2.24, 2.45) is 0 Å². The third kappa shape index (κ3) is 2.10. The van der Waals surface area contributed by atoms with Gasteiger partial charge < -0.3 is 22.5 Å². The van der Waals surface area contributed by atoms with Gasteiger partial charge in [0.15, 0.2) is 6.61 Å². The number of carbonyl (C=O) groups excluding carboxylic acids is 1. The Hall–Kier alpha value is -1.26. The lowest BCUT2D eigenvalue weighted by molar-refractivity contribution is -0.636. The summed E-state index contributed by atoms with van der Waals surface area (Å²) < 4.78 is 5.42. The molecule has 17 heavy (non-hydrogen) atoms. The molecule has 1 aromatic rings. The molecule has 4 nitrogen and oxygen atoms in total. The summed E-state index contributed by atoms with van der Waals surface area (Å²) in [6.45, 7) is 2.28. The zero-order chi connectivity index (χ0) is 11.0. The Bertz CT molecular complexity index is 419. The molecule has 0 radical (unpaired) electrons. The molecular formula is C12H15ClN2O2. The van der Waals surface area contributed by atoms with E-state index in [4.69, 9.17) is 4.74 Å². The van der Waals surface area contributed by atoms with E-state index in [0.717, 1.165) is 30.9 Å². The average molecular weight is 255 g/mol. The van der Waals surface area contributed by atoms with Crippen LogP contribution in [0.1, 0.15) is 6.42 Å². The number of nitrogens with zero attached hydrogens (tertiary/aromatic N) is 1. The van der Waals surface area contributed by atoms with Crippen LogP contribution in [0.4, 0.5) is 5.69 Å². The summed E-state index contributed by atoms with van der Waals surface area (Å²) in [6.07, 6.45) is 1.07. The molecule has 1 amide bonds. The molecule has 2 heterocycles. The summed E-state index contributed by atoms with van der Waals surface area (Å²) in [7, 11) is 0. The summed E-state index contributed by atoms with van der Waals surface area (Å²) in [5.74, 6) is 0.910. The predicted octanol–water partition coefficient (Wildman–Crippen LogP) is -3.25. The maximum atomic E-state index is 11.9. The summed E-state index contributed by atoms with van der Waals surface area (Å²) in [5, 5.41) is 2.26. The molecule has 0 aromatic heterocycles. The number of para-hydroxylation sites is 2. The van der Waals surface area contributed by atoms with E-state index in [2.05, 4.69) is 5.32 Å². The molecule has 1 fully saturated rings. The van der Waals surface area contributed by atoms with Gasteiger partial charge in [-0.15, -0.1) is 0 Å². The van der Waals surface area contributed by atoms with E-state index >= 15 is 0 Å². The van der Waals surface area contributed by atoms with Crippen LogP contribution in [0.15, 0.2) is 24.3 Å². The second-order valence-corrected chi connectivity index (χ2v) is 4.28. The smallest absolute Gasteiger partial charge is 0.265 e. The largest absolute Gasteiger partial charge is 1.00 e. The number of anilines is 1. The normalized spacial score (nSPS) is 22.7. The minimum Gasteiger partial charge on any atom is -1.00 e. The third-order valence-electron chi connectivity index (χ3n) is 3.25. The zero-order valence-corrected chi connectivity index (χ0v) is 10.2. The minimum atomic E-state index is 0. The predicted molar refractivity (Wildman–Crippen MR) is 59.5 cm³/mol. The Morgan fingerprint density at radius 2 is 2.18 bits per heavy atom. The van der Waals surface area contributed by atoms with Crippen molar-refractivity contribution in [2.45, 2.75) is 12.5 Å². The molecule has 0 saturated carbocycles. The fourth-order valence-electron chi connectivity index (χ4n) is 2.49. The molecule has 1 atom stereocenters. The SMILES string of the molecule is O=C1COc2ccccc2N1C1CC[NH2+]C1.[Cl-]. The first-order valence-electron chi connectivity index (χ1n) is 5.72. The molecule has 5 heteroatoms.